The van der Waals surface area contributed by atoms with Gasteiger partial charge in [-0.25, -0.2) is 12.8 Å². The van der Waals surface area contributed by atoms with E-state index in [2.05, 4.69) is 36.6 Å². The van der Waals surface area contributed by atoms with Crippen LogP contribution in [0, 0.1) is 5.82 Å². The number of nitrogens with two attached hydrogens (primary N) is 1. The summed E-state index contributed by atoms with van der Waals surface area (Å²) in [4.78, 5) is -0.244. The van der Waals surface area contributed by atoms with Gasteiger partial charge >= 0.3 is 0 Å². The van der Waals surface area contributed by atoms with Gasteiger partial charge in [0.15, 0.2) is 0 Å². The number of hydrogen-bond donors (Lipinski definition) is 2. The Balaban J connectivity index is 2.48. The summed E-state index contributed by atoms with van der Waals surface area (Å²) in [5.74, 6) is -0.646. The predicted molar refractivity (Wildman–Crippen MR) is 88.5 cm³/mol. The maximum atomic E-state index is 13.3. The second-order valence-corrected chi connectivity index (χ2v) is 7.86. The molecule has 0 fully saturated rings. The zero-order chi connectivity index (χ0) is 15.8. The van der Waals surface area contributed by atoms with E-state index in [1.807, 2.05) is 0 Å². The van der Waals surface area contributed by atoms with Gasteiger partial charge in [0.1, 0.15) is 10.7 Å². The van der Waals surface area contributed by atoms with Crippen LogP contribution in [0.5, 0.6) is 0 Å². The van der Waals surface area contributed by atoms with Gasteiger partial charge in [-0.15, -0.1) is 0 Å². The third-order valence-electron chi connectivity index (χ3n) is 2.51. The molecule has 0 amide bonds. The zero-order valence-corrected chi connectivity index (χ0v) is 14.9. The molecule has 2 aromatic carbocycles. The topological polar surface area (TPSA) is 72.2 Å². The lowest BCUT2D eigenvalue weighted by molar-refractivity contribution is 0.599. The Morgan fingerprint density at radius 1 is 1.19 bits per heavy atom. The fourth-order valence-electron chi connectivity index (χ4n) is 1.55. The van der Waals surface area contributed by atoms with Crippen molar-refractivity contribution in [3.63, 3.8) is 0 Å². The molecule has 0 aliphatic carbocycles. The van der Waals surface area contributed by atoms with Crippen LogP contribution < -0.4 is 10.5 Å². The Kier molecular flexibility index (Phi) is 4.82. The molecule has 0 heterocycles. The Hall–Kier alpha value is -0.830. The summed E-state index contributed by atoms with van der Waals surface area (Å²) in [5, 5.41) is 0.224. The summed E-state index contributed by atoms with van der Waals surface area (Å²) >= 11 is 12.1. The third-order valence-corrected chi connectivity index (χ3v) is 5.37. The summed E-state index contributed by atoms with van der Waals surface area (Å²) in [5.41, 5.74) is 5.56. The molecule has 0 saturated heterocycles. The van der Waals surface area contributed by atoms with Gasteiger partial charge in [-0.05, 0) is 46.3 Å². The number of halogens is 4. The van der Waals surface area contributed by atoms with E-state index in [0.717, 1.165) is 12.1 Å². The summed E-state index contributed by atoms with van der Waals surface area (Å²) in [6, 6.07) is 6.74. The van der Waals surface area contributed by atoms with Crippen LogP contribution in [0.4, 0.5) is 15.8 Å². The van der Waals surface area contributed by atoms with Crippen LogP contribution in [0.3, 0.4) is 0 Å². The van der Waals surface area contributed by atoms with Crippen molar-refractivity contribution in [1.29, 1.82) is 0 Å². The maximum absolute atomic E-state index is 13.3. The molecule has 0 atom stereocenters. The second kappa shape index (κ2) is 6.12. The number of nitrogen functional groups attached to an aromatic ring is 1. The molecule has 2 rings (SSSR count). The Bertz CT molecular complexity index is 815. The second-order valence-electron chi connectivity index (χ2n) is 4.03. The molecule has 0 spiro atoms. The number of sulfonamides is 1. The molecule has 9 heteroatoms. The lowest BCUT2D eigenvalue weighted by Gasteiger charge is -2.12. The van der Waals surface area contributed by atoms with Crippen LogP contribution in [0.1, 0.15) is 0 Å². The van der Waals surface area contributed by atoms with Gasteiger partial charge in [-0.2, -0.15) is 0 Å². The molecule has 0 bridgehead atoms. The minimum Gasteiger partial charge on any atom is -0.398 e. The normalized spacial score (nSPS) is 11.4. The van der Waals surface area contributed by atoms with Crippen molar-refractivity contribution in [1.82, 2.24) is 0 Å². The standard InChI is InChI=1S/C12H8Br2ClFN2O2S/c13-6-1-2-8(15)11(3-6)18-21(19,20)12-4-7(14)9(16)5-10(12)17/h1-5,18H,17H2. The van der Waals surface area contributed by atoms with Gasteiger partial charge in [0, 0.05) is 4.47 Å². The minimum atomic E-state index is -4.00. The third kappa shape index (κ3) is 3.68. The van der Waals surface area contributed by atoms with Gasteiger partial charge in [0.2, 0.25) is 0 Å². The van der Waals surface area contributed by atoms with Crippen LogP contribution in [0.15, 0.2) is 44.2 Å². The largest absolute Gasteiger partial charge is 0.398 e. The first kappa shape index (κ1) is 16.5. The van der Waals surface area contributed by atoms with Gasteiger partial charge < -0.3 is 5.73 Å². The highest BCUT2D eigenvalue weighted by Crippen LogP contribution is 2.31. The monoisotopic (exact) mass is 456 g/mol. The average molecular weight is 459 g/mol. The number of benzene rings is 2. The highest BCUT2D eigenvalue weighted by atomic mass is 79.9. The molecule has 0 radical (unpaired) electrons. The molecule has 0 saturated carbocycles. The maximum Gasteiger partial charge on any atom is 0.264 e. The lowest BCUT2D eigenvalue weighted by Crippen LogP contribution is -2.15. The van der Waals surface area contributed by atoms with Crippen molar-refractivity contribution in [3.8, 4) is 0 Å². The molecule has 21 heavy (non-hydrogen) atoms. The Morgan fingerprint density at radius 3 is 2.52 bits per heavy atom. The van der Waals surface area contributed by atoms with Crippen molar-refractivity contribution in [2.45, 2.75) is 4.90 Å². The number of nitrogens with one attached hydrogen (secondary N) is 1. The number of rotatable bonds is 3. The molecule has 0 aliphatic heterocycles. The molecule has 0 unspecified atom stereocenters. The van der Waals surface area contributed by atoms with E-state index >= 15 is 0 Å². The molecular formula is C12H8Br2ClFN2O2S. The predicted octanol–water partition coefficient (Wildman–Crippen LogP) is 4.39. The molecule has 2 aromatic rings. The summed E-state index contributed by atoms with van der Waals surface area (Å²) in [6.45, 7) is 0. The molecule has 4 nitrogen and oxygen atoms in total. The SMILES string of the molecule is Nc1cc(F)c(Br)cc1S(=O)(=O)Nc1cc(Br)ccc1Cl. The molecule has 0 aromatic heterocycles. The van der Waals surface area contributed by atoms with E-state index < -0.39 is 15.8 Å². The van der Waals surface area contributed by atoms with E-state index in [0.29, 0.717) is 4.47 Å². The van der Waals surface area contributed by atoms with Gasteiger partial charge in [-0.1, -0.05) is 27.5 Å². The van der Waals surface area contributed by atoms with Gasteiger partial charge in [-0.3, -0.25) is 4.72 Å². The van der Waals surface area contributed by atoms with E-state index in [1.165, 1.54) is 12.1 Å². The van der Waals surface area contributed by atoms with Crippen molar-refractivity contribution in [2.24, 2.45) is 0 Å². The molecule has 112 valence electrons. The van der Waals surface area contributed by atoms with Crippen molar-refractivity contribution in [2.75, 3.05) is 10.5 Å². The summed E-state index contributed by atoms with van der Waals surface area (Å²) in [6.07, 6.45) is 0. The zero-order valence-electron chi connectivity index (χ0n) is 10.2. The van der Waals surface area contributed by atoms with Gasteiger partial charge in [0.25, 0.3) is 10.0 Å². The number of hydrogen-bond acceptors (Lipinski definition) is 3. The lowest BCUT2D eigenvalue weighted by atomic mass is 10.3. The van der Waals surface area contributed by atoms with E-state index in [-0.39, 0.29) is 25.8 Å². The quantitative estimate of drug-likeness (QED) is 0.671. The highest BCUT2D eigenvalue weighted by Gasteiger charge is 2.21. The summed E-state index contributed by atoms with van der Waals surface area (Å²) in [7, 11) is -4.00. The average Bonchev–Trinajstić information content (AvgIpc) is 2.37. The highest BCUT2D eigenvalue weighted by molar-refractivity contribution is 9.10. The van der Waals surface area contributed by atoms with Crippen molar-refractivity contribution in [3.05, 3.63) is 50.1 Å². The molecule has 0 aliphatic rings. The van der Waals surface area contributed by atoms with Crippen LogP contribution in [-0.4, -0.2) is 8.42 Å². The van der Waals surface area contributed by atoms with E-state index in [4.69, 9.17) is 17.3 Å². The smallest absolute Gasteiger partial charge is 0.264 e. The van der Waals surface area contributed by atoms with E-state index in [1.54, 1.807) is 6.07 Å². The van der Waals surface area contributed by atoms with Crippen LogP contribution in [0.25, 0.3) is 0 Å². The fraction of sp³-hybridized carbons (Fsp3) is 0. The first-order chi connectivity index (χ1) is 9.70. The minimum absolute atomic E-state index is 0.00239. The molecule has 3 N–H and O–H groups in total. The van der Waals surface area contributed by atoms with Crippen molar-refractivity contribution >= 4 is 64.9 Å². The van der Waals surface area contributed by atoms with Crippen LogP contribution in [-0.2, 0) is 10.0 Å². The Morgan fingerprint density at radius 2 is 1.86 bits per heavy atom. The first-order valence-electron chi connectivity index (χ1n) is 5.43. The molecular weight excluding hydrogens is 450 g/mol. The Labute approximate surface area is 142 Å². The fourth-order valence-corrected chi connectivity index (χ4v) is 3.84. The van der Waals surface area contributed by atoms with E-state index in [9.17, 15) is 12.8 Å². The van der Waals surface area contributed by atoms with Crippen molar-refractivity contribution < 1.29 is 12.8 Å². The summed E-state index contributed by atoms with van der Waals surface area (Å²) < 4.78 is 41.0. The number of anilines is 2. The first-order valence-corrected chi connectivity index (χ1v) is 8.88. The van der Waals surface area contributed by atoms with Crippen LogP contribution >= 0.6 is 43.5 Å². The van der Waals surface area contributed by atoms with Gasteiger partial charge in [0.05, 0.1) is 20.9 Å². The van der Waals surface area contributed by atoms with Crippen LogP contribution in [0.2, 0.25) is 5.02 Å².